The summed E-state index contributed by atoms with van der Waals surface area (Å²) in [6, 6.07) is 12.5. The number of nitrogens with zero attached hydrogens (tertiary/aromatic N) is 2. The highest BCUT2D eigenvalue weighted by Crippen LogP contribution is 2.36. The molecule has 4 rings (SSSR count). The molecule has 0 aliphatic carbocycles. The first kappa shape index (κ1) is 19.4. The van der Waals surface area contributed by atoms with E-state index in [-0.39, 0.29) is 23.6 Å². The topological polar surface area (TPSA) is 49.7 Å². The molecule has 27 heavy (non-hydrogen) atoms. The Balaban J connectivity index is 1.60. The molecule has 2 aliphatic heterocycles. The van der Waals surface area contributed by atoms with Crippen LogP contribution in [-0.2, 0) is 15.6 Å². The van der Waals surface area contributed by atoms with Crippen molar-refractivity contribution < 1.29 is 8.42 Å². The lowest BCUT2D eigenvalue weighted by Gasteiger charge is -2.26. The summed E-state index contributed by atoms with van der Waals surface area (Å²) in [7, 11) is -3.07. The molecule has 0 spiro atoms. The van der Waals surface area contributed by atoms with Gasteiger partial charge < -0.3 is 4.90 Å². The van der Waals surface area contributed by atoms with E-state index in [9.17, 15) is 8.42 Å². The van der Waals surface area contributed by atoms with Gasteiger partial charge in [-0.1, -0.05) is 52.6 Å². The normalized spacial score (nSPS) is 23.4. The molecule has 142 valence electrons. The summed E-state index contributed by atoms with van der Waals surface area (Å²) in [4.78, 5) is 6.74. The van der Waals surface area contributed by atoms with Crippen LogP contribution in [0.5, 0.6) is 0 Å². The van der Waals surface area contributed by atoms with E-state index in [0.29, 0.717) is 20.8 Å². The van der Waals surface area contributed by atoms with E-state index >= 15 is 0 Å². The van der Waals surface area contributed by atoms with Crippen molar-refractivity contribution in [2.45, 2.75) is 17.8 Å². The van der Waals surface area contributed by atoms with Crippen LogP contribution in [0.4, 0.5) is 5.69 Å². The van der Waals surface area contributed by atoms with E-state index in [0.717, 1.165) is 16.4 Å². The Morgan fingerprint density at radius 1 is 1.04 bits per heavy atom. The molecule has 2 heterocycles. The largest absolute Gasteiger partial charge is 0.315 e. The molecule has 2 unspecified atom stereocenters. The summed E-state index contributed by atoms with van der Waals surface area (Å²) in [5.74, 6) is 0.866. The van der Waals surface area contributed by atoms with Gasteiger partial charge in [0.1, 0.15) is 0 Å². The molecule has 2 aliphatic rings. The van der Waals surface area contributed by atoms with E-state index < -0.39 is 9.84 Å². The molecule has 0 radical (unpaired) electrons. The minimum absolute atomic E-state index is 0.0958. The number of aliphatic imine (C=N–C) groups is 1. The Labute approximate surface area is 177 Å². The second-order valence-corrected chi connectivity index (χ2v) is 10.9. The second-order valence-electron chi connectivity index (χ2n) is 6.51. The van der Waals surface area contributed by atoms with Crippen molar-refractivity contribution >= 4 is 67.3 Å². The molecule has 2 aromatic rings. The van der Waals surface area contributed by atoms with E-state index in [2.05, 4.69) is 0 Å². The molecular formula is C18H15Cl3N2O2S2. The van der Waals surface area contributed by atoms with Crippen molar-refractivity contribution in [1.82, 2.24) is 0 Å². The minimum Gasteiger partial charge on any atom is -0.315 e. The van der Waals surface area contributed by atoms with Crippen molar-refractivity contribution in [3.05, 3.63) is 63.1 Å². The first-order valence-corrected chi connectivity index (χ1v) is 12.2. The molecule has 0 N–H and O–H groups in total. The molecule has 2 atom stereocenters. The maximum absolute atomic E-state index is 12.1. The van der Waals surface area contributed by atoms with Gasteiger partial charge in [-0.3, -0.25) is 4.99 Å². The van der Waals surface area contributed by atoms with Crippen molar-refractivity contribution in [2.24, 2.45) is 4.99 Å². The van der Waals surface area contributed by atoms with E-state index in [1.165, 1.54) is 0 Å². The number of halogens is 3. The SMILES string of the molecule is O=S1(=O)CC2N=C(SCc3ccc(Cl)c(Cl)c3)N(c3ccc(Cl)cc3)C2C1. The molecule has 0 aromatic heterocycles. The maximum atomic E-state index is 12.1. The fourth-order valence-corrected chi connectivity index (χ4v) is 6.67. The summed E-state index contributed by atoms with van der Waals surface area (Å²) >= 11 is 19.6. The highest BCUT2D eigenvalue weighted by molar-refractivity contribution is 8.13. The van der Waals surface area contributed by atoms with Gasteiger partial charge in [0, 0.05) is 16.5 Å². The van der Waals surface area contributed by atoms with Gasteiger partial charge in [0.15, 0.2) is 15.0 Å². The van der Waals surface area contributed by atoms with Crippen LogP contribution in [0.2, 0.25) is 15.1 Å². The lowest BCUT2D eigenvalue weighted by atomic mass is 10.1. The third kappa shape index (κ3) is 4.10. The van der Waals surface area contributed by atoms with Crippen LogP contribution in [0.25, 0.3) is 0 Å². The number of fused-ring (bicyclic) bond motifs is 1. The summed E-state index contributed by atoms with van der Waals surface area (Å²) in [6.45, 7) is 0. The molecule has 1 fully saturated rings. The smallest absolute Gasteiger partial charge is 0.164 e. The van der Waals surface area contributed by atoms with Gasteiger partial charge in [-0.05, 0) is 42.0 Å². The van der Waals surface area contributed by atoms with Crippen LogP contribution in [-0.4, -0.2) is 37.2 Å². The molecule has 0 saturated carbocycles. The molecule has 4 nitrogen and oxygen atoms in total. The first-order chi connectivity index (χ1) is 12.8. The quantitative estimate of drug-likeness (QED) is 0.651. The van der Waals surface area contributed by atoms with Crippen molar-refractivity contribution in [2.75, 3.05) is 16.4 Å². The van der Waals surface area contributed by atoms with Crippen molar-refractivity contribution in [1.29, 1.82) is 0 Å². The summed E-state index contributed by atoms with van der Waals surface area (Å²) in [6.07, 6.45) is 0. The summed E-state index contributed by atoms with van der Waals surface area (Å²) in [5, 5.41) is 2.48. The number of anilines is 1. The zero-order chi connectivity index (χ0) is 19.2. The van der Waals surface area contributed by atoms with Gasteiger partial charge >= 0.3 is 0 Å². The number of amidine groups is 1. The van der Waals surface area contributed by atoms with Crippen molar-refractivity contribution in [3.8, 4) is 0 Å². The summed E-state index contributed by atoms with van der Waals surface area (Å²) in [5.41, 5.74) is 1.92. The van der Waals surface area contributed by atoms with Crippen LogP contribution in [0.3, 0.4) is 0 Å². The number of thioether (sulfide) groups is 1. The van der Waals surface area contributed by atoms with Gasteiger partial charge in [0.2, 0.25) is 0 Å². The molecule has 9 heteroatoms. The lowest BCUT2D eigenvalue weighted by Crippen LogP contribution is -2.39. The average Bonchev–Trinajstić information content (AvgIpc) is 3.08. The number of hydrogen-bond donors (Lipinski definition) is 0. The van der Waals surface area contributed by atoms with E-state index in [4.69, 9.17) is 39.8 Å². The van der Waals surface area contributed by atoms with Gasteiger partial charge in [-0.15, -0.1) is 0 Å². The van der Waals surface area contributed by atoms with Crippen LogP contribution in [0, 0.1) is 0 Å². The lowest BCUT2D eigenvalue weighted by molar-refractivity contribution is 0.601. The van der Waals surface area contributed by atoms with Gasteiger partial charge in [-0.2, -0.15) is 0 Å². The zero-order valence-corrected chi connectivity index (χ0v) is 17.9. The highest BCUT2D eigenvalue weighted by atomic mass is 35.5. The fourth-order valence-electron chi connectivity index (χ4n) is 3.31. The van der Waals surface area contributed by atoms with Gasteiger partial charge in [0.25, 0.3) is 0 Å². The maximum Gasteiger partial charge on any atom is 0.164 e. The minimum atomic E-state index is -3.07. The van der Waals surface area contributed by atoms with E-state index in [1.807, 2.05) is 29.2 Å². The third-order valence-electron chi connectivity index (χ3n) is 4.56. The Morgan fingerprint density at radius 3 is 2.48 bits per heavy atom. The second kappa shape index (κ2) is 7.48. The molecular weight excluding hydrogens is 447 g/mol. The fraction of sp³-hybridized carbons (Fsp3) is 0.278. The van der Waals surface area contributed by atoms with Gasteiger partial charge in [-0.25, -0.2) is 8.42 Å². The highest BCUT2D eigenvalue weighted by Gasteiger charge is 2.47. The summed E-state index contributed by atoms with van der Waals surface area (Å²) < 4.78 is 24.2. The molecule has 0 bridgehead atoms. The molecule has 1 saturated heterocycles. The Morgan fingerprint density at radius 2 is 1.78 bits per heavy atom. The van der Waals surface area contributed by atoms with Crippen molar-refractivity contribution in [3.63, 3.8) is 0 Å². The molecule has 0 amide bonds. The Kier molecular flexibility index (Phi) is 5.38. The Hall–Kier alpha value is -0.920. The number of benzene rings is 2. The Bertz CT molecular complexity index is 1010. The van der Waals surface area contributed by atoms with Crippen LogP contribution in [0.15, 0.2) is 47.5 Å². The zero-order valence-electron chi connectivity index (χ0n) is 14.0. The van der Waals surface area contributed by atoms with Crippen LogP contribution < -0.4 is 4.90 Å². The predicted octanol–water partition coefficient (Wildman–Crippen LogP) is 4.92. The van der Waals surface area contributed by atoms with Crippen LogP contribution in [0.1, 0.15) is 5.56 Å². The van der Waals surface area contributed by atoms with E-state index in [1.54, 1.807) is 30.0 Å². The monoisotopic (exact) mass is 460 g/mol. The number of hydrogen-bond acceptors (Lipinski definition) is 5. The number of rotatable bonds is 3. The standard InChI is InChI=1S/C18H15Cl3N2O2S2/c19-12-2-4-13(5-3-12)23-17-10-27(24,25)9-16(17)22-18(23)26-8-11-1-6-14(20)15(21)7-11/h1-7,16-17H,8-10H2. The van der Waals surface area contributed by atoms with Crippen LogP contribution >= 0.6 is 46.6 Å². The number of sulfone groups is 1. The average molecular weight is 462 g/mol. The first-order valence-electron chi connectivity index (χ1n) is 8.22. The molecule has 2 aromatic carbocycles. The predicted molar refractivity (Wildman–Crippen MR) is 115 cm³/mol. The van der Waals surface area contributed by atoms with Gasteiger partial charge in [0.05, 0.1) is 33.6 Å². The third-order valence-corrected chi connectivity index (χ3v) is 8.29.